The second-order valence-electron chi connectivity index (χ2n) is 5.33. The molecule has 1 N–H and O–H groups in total. The topological polar surface area (TPSA) is 62.1 Å². The highest BCUT2D eigenvalue weighted by Gasteiger charge is 2.28. The summed E-state index contributed by atoms with van der Waals surface area (Å²) in [7, 11) is 0. The first-order valence-corrected chi connectivity index (χ1v) is 8.49. The predicted molar refractivity (Wildman–Crippen MR) is 93.2 cm³/mol. The van der Waals surface area contributed by atoms with Crippen molar-refractivity contribution in [3.63, 3.8) is 0 Å². The number of ether oxygens (including phenoxy) is 1. The smallest absolute Gasteiger partial charge is 0.422 e. The first kappa shape index (κ1) is 19.7. The van der Waals surface area contributed by atoms with Crippen LogP contribution in [0.25, 0.3) is 0 Å². The average molecular weight is 380 g/mol. The van der Waals surface area contributed by atoms with Crippen LogP contribution in [0.1, 0.15) is 11.1 Å². The van der Waals surface area contributed by atoms with Crippen molar-refractivity contribution in [2.24, 2.45) is 0 Å². The summed E-state index contributed by atoms with van der Waals surface area (Å²) < 4.78 is 41.2. The number of nitrogens with zero attached hydrogens (tertiary/aromatic N) is 1. The molecule has 0 heterocycles. The number of hydrogen-bond acceptors (Lipinski definition) is 4. The number of alkyl halides is 3. The van der Waals surface area contributed by atoms with Gasteiger partial charge in [0.1, 0.15) is 11.8 Å². The van der Waals surface area contributed by atoms with Crippen molar-refractivity contribution >= 4 is 23.4 Å². The van der Waals surface area contributed by atoms with Crippen LogP contribution in [0.3, 0.4) is 0 Å². The van der Waals surface area contributed by atoms with E-state index in [-0.39, 0.29) is 23.0 Å². The molecular formula is C18H15F3N2O2S. The highest BCUT2D eigenvalue weighted by Crippen LogP contribution is 2.26. The van der Waals surface area contributed by atoms with Crippen LogP contribution in [-0.4, -0.2) is 24.4 Å². The van der Waals surface area contributed by atoms with E-state index < -0.39 is 12.8 Å². The molecule has 0 atom stereocenters. The van der Waals surface area contributed by atoms with Gasteiger partial charge in [0.05, 0.1) is 11.3 Å². The molecule has 0 bridgehead atoms. The van der Waals surface area contributed by atoms with Gasteiger partial charge >= 0.3 is 6.18 Å². The van der Waals surface area contributed by atoms with Crippen molar-refractivity contribution in [1.29, 1.82) is 5.26 Å². The van der Waals surface area contributed by atoms with Crippen LogP contribution >= 0.6 is 11.8 Å². The van der Waals surface area contributed by atoms with Gasteiger partial charge in [-0.25, -0.2) is 0 Å². The Morgan fingerprint density at radius 1 is 1.27 bits per heavy atom. The number of nitrogens with one attached hydrogen (secondary N) is 1. The van der Waals surface area contributed by atoms with Gasteiger partial charge in [-0.05, 0) is 36.8 Å². The number of carbonyl (C=O) groups is 1. The van der Waals surface area contributed by atoms with Crippen LogP contribution in [-0.2, 0) is 4.79 Å². The van der Waals surface area contributed by atoms with Gasteiger partial charge < -0.3 is 10.1 Å². The van der Waals surface area contributed by atoms with E-state index in [1.807, 2.05) is 31.2 Å². The molecule has 0 fully saturated rings. The Morgan fingerprint density at radius 3 is 2.65 bits per heavy atom. The van der Waals surface area contributed by atoms with Crippen molar-refractivity contribution in [1.82, 2.24) is 0 Å². The number of thioether (sulfide) groups is 1. The van der Waals surface area contributed by atoms with Gasteiger partial charge in [0.2, 0.25) is 5.91 Å². The second-order valence-corrected chi connectivity index (χ2v) is 6.35. The highest BCUT2D eigenvalue weighted by molar-refractivity contribution is 8.00. The van der Waals surface area contributed by atoms with E-state index in [4.69, 9.17) is 5.26 Å². The van der Waals surface area contributed by atoms with E-state index in [2.05, 4.69) is 10.1 Å². The molecule has 26 heavy (non-hydrogen) atoms. The molecule has 2 aromatic carbocycles. The summed E-state index contributed by atoms with van der Waals surface area (Å²) in [4.78, 5) is 13.0. The minimum absolute atomic E-state index is 0.0846. The summed E-state index contributed by atoms with van der Waals surface area (Å²) in [6.07, 6.45) is -4.49. The number of rotatable bonds is 6. The zero-order valence-corrected chi connectivity index (χ0v) is 14.6. The van der Waals surface area contributed by atoms with Crippen molar-refractivity contribution in [2.75, 3.05) is 17.7 Å². The predicted octanol–water partition coefficient (Wildman–Crippen LogP) is 4.54. The Labute approximate surface area is 153 Å². The first-order valence-electron chi connectivity index (χ1n) is 7.50. The quantitative estimate of drug-likeness (QED) is 0.748. The van der Waals surface area contributed by atoms with Crippen LogP contribution in [0.15, 0.2) is 47.4 Å². The molecule has 0 aliphatic heterocycles. The number of benzene rings is 2. The van der Waals surface area contributed by atoms with Crippen molar-refractivity contribution < 1.29 is 22.7 Å². The van der Waals surface area contributed by atoms with Crippen LogP contribution in [0, 0.1) is 18.3 Å². The molecule has 0 aliphatic carbocycles. The lowest BCUT2D eigenvalue weighted by Crippen LogP contribution is -2.19. The fourth-order valence-corrected chi connectivity index (χ4v) is 2.87. The van der Waals surface area contributed by atoms with E-state index in [0.717, 1.165) is 10.5 Å². The Balaban J connectivity index is 1.97. The molecule has 0 saturated heterocycles. The fourth-order valence-electron chi connectivity index (χ4n) is 2.04. The Morgan fingerprint density at radius 2 is 2.00 bits per heavy atom. The minimum atomic E-state index is -4.49. The van der Waals surface area contributed by atoms with E-state index >= 15 is 0 Å². The maximum Gasteiger partial charge on any atom is 0.422 e. The minimum Gasteiger partial charge on any atom is -0.483 e. The Bertz CT molecular complexity index is 832. The number of nitriles is 1. The summed E-state index contributed by atoms with van der Waals surface area (Å²) >= 11 is 1.37. The summed E-state index contributed by atoms with van der Waals surface area (Å²) in [5.41, 5.74) is 1.29. The van der Waals surface area contributed by atoms with Gasteiger partial charge in [-0.15, -0.1) is 11.8 Å². The molecule has 8 heteroatoms. The lowest BCUT2D eigenvalue weighted by atomic mass is 10.2. The third-order valence-corrected chi connectivity index (χ3v) is 4.40. The van der Waals surface area contributed by atoms with Crippen LogP contribution in [0.5, 0.6) is 5.75 Å². The standard InChI is InChI=1S/C18H15F3N2O2S/c1-12-4-2-3-5-16(12)26-10-17(24)23-14-6-7-15(13(8-14)9-22)25-11-18(19,20)21/h2-8H,10-11H2,1H3,(H,23,24). The van der Waals surface area contributed by atoms with Gasteiger partial charge in [0.15, 0.2) is 6.61 Å². The van der Waals surface area contributed by atoms with Crippen LogP contribution in [0.2, 0.25) is 0 Å². The van der Waals surface area contributed by atoms with Crippen LogP contribution < -0.4 is 10.1 Å². The van der Waals surface area contributed by atoms with E-state index in [1.165, 1.54) is 30.0 Å². The monoisotopic (exact) mass is 380 g/mol. The number of carbonyl (C=O) groups excluding carboxylic acids is 1. The van der Waals surface area contributed by atoms with Gasteiger partial charge in [-0.2, -0.15) is 18.4 Å². The Hall–Kier alpha value is -2.66. The molecule has 0 radical (unpaired) electrons. The molecule has 2 aromatic rings. The maximum absolute atomic E-state index is 12.2. The maximum atomic E-state index is 12.2. The normalized spacial score (nSPS) is 10.9. The second kappa shape index (κ2) is 8.63. The molecule has 0 aromatic heterocycles. The van der Waals surface area contributed by atoms with Crippen LogP contribution in [0.4, 0.5) is 18.9 Å². The van der Waals surface area contributed by atoms with Gasteiger partial charge in [-0.1, -0.05) is 18.2 Å². The van der Waals surface area contributed by atoms with Crippen molar-refractivity contribution in [2.45, 2.75) is 18.0 Å². The first-order chi connectivity index (χ1) is 12.3. The van der Waals surface area contributed by atoms with Gasteiger partial charge in [0, 0.05) is 10.6 Å². The Kier molecular flexibility index (Phi) is 6.52. The number of hydrogen-bond donors (Lipinski definition) is 1. The molecule has 0 spiro atoms. The fraction of sp³-hybridized carbons (Fsp3) is 0.222. The summed E-state index contributed by atoms with van der Waals surface area (Å²) in [6, 6.07) is 13.3. The summed E-state index contributed by atoms with van der Waals surface area (Å²) in [6.45, 7) is 0.458. The van der Waals surface area contributed by atoms with Crippen molar-refractivity contribution in [3.05, 3.63) is 53.6 Å². The largest absolute Gasteiger partial charge is 0.483 e. The molecule has 4 nitrogen and oxygen atoms in total. The number of halogens is 3. The molecule has 0 aliphatic rings. The van der Waals surface area contributed by atoms with Gasteiger partial charge in [0.25, 0.3) is 0 Å². The molecule has 1 amide bonds. The highest BCUT2D eigenvalue weighted by atomic mass is 32.2. The molecule has 2 rings (SSSR count). The third kappa shape index (κ3) is 6.01. The zero-order chi connectivity index (χ0) is 19.2. The average Bonchev–Trinajstić information content (AvgIpc) is 2.59. The van der Waals surface area contributed by atoms with E-state index in [1.54, 1.807) is 6.07 Å². The lowest BCUT2D eigenvalue weighted by molar-refractivity contribution is -0.153. The van der Waals surface area contributed by atoms with E-state index in [0.29, 0.717) is 5.69 Å². The van der Waals surface area contributed by atoms with Crippen molar-refractivity contribution in [3.8, 4) is 11.8 Å². The summed E-state index contributed by atoms with van der Waals surface area (Å²) in [5.74, 6) is -0.304. The lowest BCUT2D eigenvalue weighted by Gasteiger charge is -2.12. The number of anilines is 1. The molecular weight excluding hydrogens is 365 g/mol. The number of amides is 1. The molecule has 136 valence electrons. The third-order valence-electron chi connectivity index (χ3n) is 3.23. The SMILES string of the molecule is Cc1ccccc1SCC(=O)Nc1ccc(OCC(F)(F)F)c(C#N)c1. The molecule has 0 saturated carbocycles. The van der Waals surface area contributed by atoms with E-state index in [9.17, 15) is 18.0 Å². The molecule has 0 unspecified atom stereocenters. The van der Waals surface area contributed by atoms with Gasteiger partial charge in [-0.3, -0.25) is 4.79 Å². The summed E-state index contributed by atoms with van der Waals surface area (Å²) in [5, 5.41) is 11.7. The zero-order valence-electron chi connectivity index (χ0n) is 13.8. The number of aryl methyl sites for hydroxylation is 1.